The van der Waals surface area contributed by atoms with Crippen LogP contribution in [0, 0.1) is 12.3 Å². The van der Waals surface area contributed by atoms with Crippen molar-refractivity contribution in [2.75, 3.05) is 16.0 Å². The summed E-state index contributed by atoms with van der Waals surface area (Å²) in [5, 5.41) is 14.6. The molecule has 9 heteroatoms. The Morgan fingerprint density at radius 2 is 1.76 bits per heavy atom. The predicted octanol–water partition coefficient (Wildman–Crippen LogP) is 7.73. The van der Waals surface area contributed by atoms with E-state index < -0.39 is 21.3 Å². The summed E-state index contributed by atoms with van der Waals surface area (Å²) in [6.07, 6.45) is 0.427. The average Bonchev–Trinajstić information content (AvgIpc) is 3.13. The van der Waals surface area contributed by atoms with Gasteiger partial charge in [0, 0.05) is 5.70 Å². The summed E-state index contributed by atoms with van der Waals surface area (Å²) in [5.74, 6) is -0.0614. The van der Waals surface area contributed by atoms with Crippen molar-refractivity contribution in [3.8, 4) is 11.5 Å². The third kappa shape index (κ3) is 6.17. The number of rotatable bonds is 6. The van der Waals surface area contributed by atoms with Gasteiger partial charge in [-0.1, -0.05) is 92.2 Å². The second-order valence-corrected chi connectivity index (χ2v) is 14.8. The maximum Gasteiger partial charge on any atom is 0.232 e. The number of amides is 1. The van der Waals surface area contributed by atoms with Crippen molar-refractivity contribution in [1.82, 2.24) is 0 Å². The number of phenols is 1. The minimum atomic E-state index is -3.89. The highest BCUT2D eigenvalue weighted by Gasteiger charge is 2.47. The van der Waals surface area contributed by atoms with E-state index in [0.29, 0.717) is 40.7 Å². The van der Waals surface area contributed by atoms with E-state index in [-0.39, 0.29) is 34.4 Å². The van der Waals surface area contributed by atoms with Crippen LogP contribution in [0.4, 0.5) is 11.4 Å². The number of allylic oxidation sites excluding steroid dienone is 1. The minimum Gasteiger partial charge on any atom is -0.506 e. The van der Waals surface area contributed by atoms with Crippen LogP contribution in [0.25, 0.3) is 0 Å². The quantitative estimate of drug-likeness (QED) is 0.209. The third-order valence-electron chi connectivity index (χ3n) is 8.31. The monoisotopic (exact) mass is 642 g/mol. The fraction of sp³-hybridized carbons (Fsp3) is 0.250. The average molecular weight is 643 g/mol. The highest BCUT2D eigenvalue weighted by molar-refractivity contribution is 7.95. The van der Waals surface area contributed by atoms with Gasteiger partial charge in [0.05, 0.1) is 33.8 Å². The summed E-state index contributed by atoms with van der Waals surface area (Å²) in [6.45, 7) is 6.04. The molecule has 2 aliphatic heterocycles. The van der Waals surface area contributed by atoms with Gasteiger partial charge in [-0.2, -0.15) is 0 Å². The number of anilines is 2. The van der Waals surface area contributed by atoms with Crippen LogP contribution in [0.15, 0.2) is 102 Å². The van der Waals surface area contributed by atoms with Crippen LogP contribution >= 0.6 is 11.6 Å². The molecule has 0 aromatic heterocycles. The smallest absolute Gasteiger partial charge is 0.232 e. The fourth-order valence-corrected chi connectivity index (χ4v) is 8.89. The van der Waals surface area contributed by atoms with Gasteiger partial charge in [-0.15, -0.1) is 0 Å². The molecule has 4 aromatic rings. The molecular weight excluding hydrogens is 608 g/mol. The maximum atomic E-state index is 14.5. The first-order chi connectivity index (χ1) is 21.4. The highest BCUT2D eigenvalue weighted by Crippen LogP contribution is 2.51. The molecular formula is C36H35ClN2O5S. The molecule has 2 aliphatic rings. The summed E-state index contributed by atoms with van der Waals surface area (Å²) in [6, 6.07) is 26.3. The van der Waals surface area contributed by atoms with Gasteiger partial charge in [-0.3, -0.25) is 9.69 Å². The zero-order valence-electron chi connectivity index (χ0n) is 25.4. The largest absolute Gasteiger partial charge is 0.506 e. The van der Waals surface area contributed by atoms with E-state index in [4.69, 9.17) is 16.3 Å². The molecule has 0 aliphatic carbocycles. The second-order valence-electron chi connectivity index (χ2n) is 12.5. The number of benzene rings is 4. The molecule has 0 spiro atoms. The normalized spacial score (nSPS) is 18.3. The number of nitrogens with zero attached hydrogens (tertiary/aromatic N) is 1. The lowest BCUT2D eigenvalue weighted by Crippen LogP contribution is -2.41. The lowest BCUT2D eigenvalue weighted by atomic mass is 9.88. The van der Waals surface area contributed by atoms with Gasteiger partial charge in [-0.25, -0.2) is 8.42 Å². The lowest BCUT2D eigenvalue weighted by molar-refractivity contribution is -0.118. The van der Waals surface area contributed by atoms with Gasteiger partial charge >= 0.3 is 0 Å². The van der Waals surface area contributed by atoms with E-state index in [0.717, 1.165) is 16.7 Å². The van der Waals surface area contributed by atoms with Crippen molar-refractivity contribution < 1.29 is 23.1 Å². The summed E-state index contributed by atoms with van der Waals surface area (Å²) in [4.78, 5) is 16.1. The van der Waals surface area contributed by atoms with E-state index in [1.54, 1.807) is 30.3 Å². The van der Waals surface area contributed by atoms with Crippen molar-refractivity contribution in [2.24, 2.45) is 5.41 Å². The molecule has 45 heavy (non-hydrogen) atoms. The van der Waals surface area contributed by atoms with Gasteiger partial charge in [0.25, 0.3) is 0 Å². The standard InChI is InChI=1S/C36H35ClN2O5S/c1-23-10-7-8-13-25(23)19-32(41)39-29-14-9-15-30(40)33(29)38-28-20-36(2,3)22-45(42,43)35(28)34(39)26-16-17-31(27(37)18-26)44-21-24-11-5-4-6-12-24/h4-18,34,38,40H,19-22H2,1-3H3. The summed E-state index contributed by atoms with van der Waals surface area (Å²) < 4.78 is 34.5. The molecule has 0 fully saturated rings. The number of sulfone groups is 1. The number of hydrogen-bond acceptors (Lipinski definition) is 6. The number of carbonyl (C=O) groups is 1. The second kappa shape index (κ2) is 11.9. The Hall–Kier alpha value is -4.27. The van der Waals surface area contributed by atoms with Gasteiger partial charge in [-0.05, 0) is 65.3 Å². The molecule has 0 radical (unpaired) electrons. The Kier molecular flexibility index (Phi) is 8.14. The Balaban J connectivity index is 1.52. The SMILES string of the molecule is Cc1ccccc1CC(=O)N1c2cccc(O)c2NC2=C(C1c1ccc(OCc3ccccc3)c(Cl)c1)S(=O)(=O)CC(C)(C)C2. The fourth-order valence-electron chi connectivity index (χ4n) is 6.28. The summed E-state index contributed by atoms with van der Waals surface area (Å²) >= 11 is 6.80. The first-order valence-electron chi connectivity index (χ1n) is 14.8. The number of aromatic hydroxyl groups is 1. The van der Waals surface area contributed by atoms with Crippen LogP contribution < -0.4 is 15.0 Å². The van der Waals surface area contributed by atoms with E-state index in [2.05, 4.69) is 5.32 Å². The number of halogens is 1. The Morgan fingerprint density at radius 3 is 2.49 bits per heavy atom. The van der Waals surface area contributed by atoms with Crippen molar-refractivity contribution in [2.45, 2.75) is 46.3 Å². The highest BCUT2D eigenvalue weighted by atomic mass is 35.5. The number of nitrogens with one attached hydrogen (secondary N) is 1. The molecule has 6 rings (SSSR count). The van der Waals surface area contributed by atoms with E-state index in [9.17, 15) is 18.3 Å². The molecule has 1 amide bonds. The molecule has 232 valence electrons. The third-order valence-corrected chi connectivity index (χ3v) is 10.9. The maximum absolute atomic E-state index is 14.5. The number of hydrogen-bond donors (Lipinski definition) is 2. The summed E-state index contributed by atoms with van der Waals surface area (Å²) in [7, 11) is -3.89. The first kappa shape index (κ1) is 30.7. The topological polar surface area (TPSA) is 95.9 Å². The van der Waals surface area contributed by atoms with E-state index in [1.807, 2.05) is 75.4 Å². The number of aryl methyl sites for hydroxylation is 1. The van der Waals surface area contributed by atoms with Gasteiger partial charge in [0.15, 0.2) is 9.84 Å². The molecule has 4 aromatic carbocycles. The van der Waals surface area contributed by atoms with Crippen LogP contribution in [-0.4, -0.2) is 25.2 Å². The van der Waals surface area contributed by atoms with Gasteiger partial charge < -0.3 is 15.2 Å². The molecule has 0 saturated carbocycles. The van der Waals surface area contributed by atoms with Crippen LogP contribution in [0.1, 0.15) is 48.6 Å². The van der Waals surface area contributed by atoms with Crippen molar-refractivity contribution in [1.29, 1.82) is 0 Å². The number of fused-ring (bicyclic) bond motifs is 1. The van der Waals surface area contributed by atoms with Crippen molar-refractivity contribution >= 4 is 38.7 Å². The number of carbonyl (C=O) groups excluding carboxylic acids is 1. The number of para-hydroxylation sites is 1. The predicted molar refractivity (Wildman–Crippen MR) is 178 cm³/mol. The molecule has 7 nitrogen and oxygen atoms in total. The van der Waals surface area contributed by atoms with Crippen molar-refractivity contribution in [3.05, 3.63) is 129 Å². The molecule has 1 atom stereocenters. The Morgan fingerprint density at radius 1 is 1.02 bits per heavy atom. The zero-order valence-corrected chi connectivity index (χ0v) is 27.0. The first-order valence-corrected chi connectivity index (χ1v) is 16.8. The van der Waals surface area contributed by atoms with Gasteiger partial charge in [0.1, 0.15) is 23.8 Å². The zero-order chi connectivity index (χ0) is 31.9. The number of ether oxygens (including phenoxy) is 1. The molecule has 1 unspecified atom stereocenters. The Labute approximate surface area is 269 Å². The molecule has 2 N–H and O–H groups in total. The van der Waals surface area contributed by atoms with Crippen LogP contribution in [0.2, 0.25) is 5.02 Å². The van der Waals surface area contributed by atoms with Crippen LogP contribution in [0.3, 0.4) is 0 Å². The summed E-state index contributed by atoms with van der Waals surface area (Å²) in [5.41, 5.74) is 3.79. The van der Waals surface area contributed by atoms with E-state index >= 15 is 0 Å². The minimum absolute atomic E-state index is 0.0262. The molecule has 0 saturated heterocycles. The molecule has 2 heterocycles. The van der Waals surface area contributed by atoms with Gasteiger partial charge in [0.2, 0.25) is 5.91 Å². The van der Waals surface area contributed by atoms with Crippen molar-refractivity contribution in [3.63, 3.8) is 0 Å². The molecule has 0 bridgehead atoms. The van der Waals surface area contributed by atoms with E-state index in [1.165, 1.54) is 11.0 Å². The van der Waals surface area contributed by atoms with Crippen LogP contribution in [-0.2, 0) is 27.7 Å². The Bertz CT molecular complexity index is 1920. The van der Waals surface area contributed by atoms with Crippen LogP contribution in [0.5, 0.6) is 11.5 Å². The lowest BCUT2D eigenvalue weighted by Gasteiger charge is -2.37. The number of phenolic OH excluding ortho intramolecular Hbond substituents is 1.